The van der Waals surface area contributed by atoms with Crippen LogP contribution in [0.5, 0.6) is 0 Å². The minimum absolute atomic E-state index is 0.0115. The summed E-state index contributed by atoms with van der Waals surface area (Å²) in [6.45, 7) is 4.50. The number of piperidine rings is 1. The van der Waals surface area contributed by atoms with Crippen LogP contribution in [-0.4, -0.2) is 41.1 Å². The molecule has 2 unspecified atom stereocenters. The van der Waals surface area contributed by atoms with E-state index in [1.54, 1.807) is 0 Å². The molecule has 1 aliphatic heterocycles. The van der Waals surface area contributed by atoms with Gasteiger partial charge in [-0.2, -0.15) is 0 Å². The minimum Gasteiger partial charge on any atom is -0.394 e. The smallest absolute Gasteiger partial charge is 0.237 e. The number of nitrogens with zero attached hydrogens (tertiary/aromatic N) is 1. The Morgan fingerprint density at radius 3 is 2.48 bits per heavy atom. The fraction of sp³-hybridized carbons (Fsp3) is 0.588. The van der Waals surface area contributed by atoms with Gasteiger partial charge in [0.25, 0.3) is 0 Å². The third-order valence-electron chi connectivity index (χ3n) is 4.37. The molecule has 116 valence electrons. The van der Waals surface area contributed by atoms with Crippen LogP contribution in [0.4, 0.5) is 0 Å². The fourth-order valence-corrected chi connectivity index (χ4v) is 3.19. The molecule has 1 heterocycles. The normalized spacial score (nSPS) is 23.9. The maximum Gasteiger partial charge on any atom is 0.237 e. The molecule has 1 saturated heterocycles. The number of aliphatic hydroxyl groups is 1. The van der Waals surface area contributed by atoms with Gasteiger partial charge in [-0.05, 0) is 38.7 Å². The van der Waals surface area contributed by atoms with Gasteiger partial charge in [-0.25, -0.2) is 0 Å². The third kappa shape index (κ3) is 4.05. The van der Waals surface area contributed by atoms with Gasteiger partial charge >= 0.3 is 0 Å². The Morgan fingerprint density at radius 2 is 1.90 bits per heavy atom. The highest BCUT2D eigenvalue weighted by atomic mass is 16.3. The maximum atomic E-state index is 12.5. The number of carbonyl (C=O) groups is 1. The molecule has 2 rings (SSSR count). The van der Waals surface area contributed by atoms with Gasteiger partial charge in [-0.1, -0.05) is 30.3 Å². The average Bonchev–Trinajstić information content (AvgIpc) is 2.49. The van der Waals surface area contributed by atoms with Gasteiger partial charge in [0.2, 0.25) is 5.91 Å². The lowest BCUT2D eigenvalue weighted by Gasteiger charge is -2.39. The van der Waals surface area contributed by atoms with Crippen LogP contribution < -0.4 is 5.32 Å². The highest BCUT2D eigenvalue weighted by Gasteiger charge is 2.28. The van der Waals surface area contributed by atoms with E-state index in [9.17, 15) is 9.90 Å². The summed E-state index contributed by atoms with van der Waals surface area (Å²) in [5.74, 6) is 0.129. The third-order valence-corrected chi connectivity index (χ3v) is 4.37. The van der Waals surface area contributed by atoms with E-state index in [2.05, 4.69) is 19.2 Å². The van der Waals surface area contributed by atoms with Crippen molar-refractivity contribution in [1.82, 2.24) is 10.2 Å². The molecular weight excluding hydrogens is 264 g/mol. The number of nitrogens with one attached hydrogen (secondary N) is 1. The standard InChI is InChI=1S/C17H26N2O2/c1-13-7-6-8-14(2)19(13)17(21)11-18-16(12-20)15-9-4-3-5-10-15/h3-5,9-10,13-14,16,18,20H,6-8,11-12H2,1-2H3/t13?,14?,16-/m1/s1. The van der Waals surface area contributed by atoms with E-state index in [4.69, 9.17) is 0 Å². The van der Waals surface area contributed by atoms with Gasteiger partial charge in [-0.15, -0.1) is 0 Å². The van der Waals surface area contributed by atoms with Crippen LogP contribution in [-0.2, 0) is 4.79 Å². The minimum atomic E-state index is -0.189. The summed E-state index contributed by atoms with van der Waals surface area (Å²) in [6.07, 6.45) is 3.36. The summed E-state index contributed by atoms with van der Waals surface area (Å²) in [5.41, 5.74) is 1.01. The molecule has 21 heavy (non-hydrogen) atoms. The molecule has 0 spiro atoms. The van der Waals surface area contributed by atoms with Crippen LogP contribution in [0.15, 0.2) is 30.3 Å². The molecule has 0 aliphatic carbocycles. The quantitative estimate of drug-likeness (QED) is 0.873. The Labute approximate surface area is 127 Å². The molecule has 0 bridgehead atoms. The number of hydrogen-bond donors (Lipinski definition) is 2. The van der Waals surface area contributed by atoms with Crippen molar-refractivity contribution in [3.05, 3.63) is 35.9 Å². The predicted molar refractivity (Wildman–Crippen MR) is 83.9 cm³/mol. The largest absolute Gasteiger partial charge is 0.394 e. The van der Waals surface area contributed by atoms with Crippen LogP contribution in [0.3, 0.4) is 0 Å². The molecule has 1 fully saturated rings. The highest BCUT2D eigenvalue weighted by molar-refractivity contribution is 5.79. The van der Waals surface area contributed by atoms with Crippen molar-refractivity contribution in [3.8, 4) is 0 Å². The number of benzene rings is 1. The lowest BCUT2D eigenvalue weighted by molar-refractivity contribution is -0.136. The molecule has 4 heteroatoms. The van der Waals surface area contributed by atoms with Gasteiger partial charge in [0, 0.05) is 12.1 Å². The first-order chi connectivity index (χ1) is 10.1. The first-order valence-electron chi connectivity index (χ1n) is 7.83. The van der Waals surface area contributed by atoms with Crippen molar-refractivity contribution < 1.29 is 9.90 Å². The lowest BCUT2D eigenvalue weighted by atomic mass is 9.97. The van der Waals surface area contributed by atoms with E-state index in [1.165, 1.54) is 6.42 Å². The number of aliphatic hydroxyl groups excluding tert-OH is 1. The molecule has 1 aromatic rings. The van der Waals surface area contributed by atoms with E-state index in [-0.39, 0.29) is 25.1 Å². The van der Waals surface area contributed by atoms with E-state index < -0.39 is 0 Å². The zero-order chi connectivity index (χ0) is 15.2. The first-order valence-corrected chi connectivity index (χ1v) is 7.83. The molecule has 4 nitrogen and oxygen atoms in total. The van der Waals surface area contributed by atoms with E-state index in [1.807, 2.05) is 35.2 Å². The Bertz CT molecular complexity index is 439. The monoisotopic (exact) mass is 290 g/mol. The van der Waals surface area contributed by atoms with Gasteiger partial charge < -0.3 is 10.0 Å². The van der Waals surface area contributed by atoms with Crippen molar-refractivity contribution in [1.29, 1.82) is 0 Å². The molecule has 0 radical (unpaired) electrons. The van der Waals surface area contributed by atoms with E-state index in [0.29, 0.717) is 12.1 Å². The number of hydrogen-bond acceptors (Lipinski definition) is 3. The zero-order valence-corrected chi connectivity index (χ0v) is 13.0. The van der Waals surface area contributed by atoms with Crippen LogP contribution in [0.1, 0.15) is 44.7 Å². The van der Waals surface area contributed by atoms with Gasteiger partial charge in [-0.3, -0.25) is 10.1 Å². The second-order valence-corrected chi connectivity index (χ2v) is 5.96. The molecule has 1 amide bonds. The van der Waals surface area contributed by atoms with Crippen LogP contribution >= 0.6 is 0 Å². The van der Waals surface area contributed by atoms with Crippen molar-refractivity contribution in [3.63, 3.8) is 0 Å². The second kappa shape index (κ2) is 7.57. The average molecular weight is 290 g/mol. The number of amides is 1. The topological polar surface area (TPSA) is 52.6 Å². The van der Waals surface area contributed by atoms with Crippen LogP contribution in [0.25, 0.3) is 0 Å². The number of carbonyl (C=O) groups excluding carboxylic acids is 1. The molecule has 1 aromatic carbocycles. The van der Waals surface area contributed by atoms with E-state index >= 15 is 0 Å². The zero-order valence-electron chi connectivity index (χ0n) is 13.0. The predicted octanol–water partition coefficient (Wildman–Crippen LogP) is 2.10. The summed E-state index contributed by atoms with van der Waals surface area (Å²) in [6, 6.07) is 10.2. The highest BCUT2D eigenvalue weighted by Crippen LogP contribution is 2.22. The number of rotatable bonds is 5. The number of likely N-dealkylation sites (tertiary alicyclic amines) is 1. The molecule has 1 aliphatic rings. The van der Waals surface area contributed by atoms with Gasteiger partial charge in [0.05, 0.1) is 19.2 Å². The molecule has 0 aromatic heterocycles. The summed E-state index contributed by atoms with van der Waals surface area (Å²) < 4.78 is 0. The molecule has 0 saturated carbocycles. The Kier molecular flexibility index (Phi) is 5.76. The van der Waals surface area contributed by atoms with Crippen LogP contribution in [0, 0.1) is 0 Å². The van der Waals surface area contributed by atoms with E-state index in [0.717, 1.165) is 18.4 Å². The van der Waals surface area contributed by atoms with Crippen molar-refractivity contribution >= 4 is 5.91 Å². The second-order valence-electron chi connectivity index (χ2n) is 5.96. The van der Waals surface area contributed by atoms with Crippen molar-refractivity contribution in [2.45, 2.75) is 51.2 Å². The Morgan fingerprint density at radius 1 is 1.29 bits per heavy atom. The maximum absolute atomic E-state index is 12.5. The Balaban J connectivity index is 1.93. The first kappa shape index (κ1) is 16.0. The summed E-state index contributed by atoms with van der Waals surface area (Å²) >= 11 is 0. The van der Waals surface area contributed by atoms with Crippen LogP contribution in [0.2, 0.25) is 0 Å². The van der Waals surface area contributed by atoms with Crippen molar-refractivity contribution in [2.75, 3.05) is 13.2 Å². The Hall–Kier alpha value is -1.39. The molecular formula is C17H26N2O2. The van der Waals surface area contributed by atoms with Gasteiger partial charge in [0.15, 0.2) is 0 Å². The van der Waals surface area contributed by atoms with Crippen molar-refractivity contribution in [2.24, 2.45) is 0 Å². The molecule has 2 N–H and O–H groups in total. The fourth-order valence-electron chi connectivity index (χ4n) is 3.19. The SMILES string of the molecule is CC1CCCC(C)N1C(=O)CN[C@H](CO)c1ccccc1. The summed E-state index contributed by atoms with van der Waals surface area (Å²) in [7, 11) is 0. The summed E-state index contributed by atoms with van der Waals surface area (Å²) in [4.78, 5) is 14.4. The lowest BCUT2D eigenvalue weighted by Crippen LogP contribution is -2.50. The summed E-state index contributed by atoms with van der Waals surface area (Å²) in [5, 5.41) is 12.7. The molecule has 3 atom stereocenters. The van der Waals surface area contributed by atoms with Gasteiger partial charge in [0.1, 0.15) is 0 Å².